The average molecular weight is 322 g/mol. The molecule has 0 heterocycles. The zero-order chi connectivity index (χ0) is 16.8. The van der Waals surface area contributed by atoms with Crippen molar-refractivity contribution in [2.45, 2.75) is 19.7 Å². The molecule has 2 aromatic carbocycles. The zero-order valence-corrected chi connectivity index (χ0v) is 12.1. The Hall–Kier alpha value is -2.67. The first-order valence-corrected chi connectivity index (χ1v) is 6.87. The van der Waals surface area contributed by atoms with Gasteiger partial charge in [-0.25, -0.2) is 13.6 Å². The van der Waals surface area contributed by atoms with Gasteiger partial charge in [-0.2, -0.15) is 0 Å². The normalized spacial score (nSPS) is 10.4. The van der Waals surface area contributed by atoms with E-state index >= 15 is 0 Å². The summed E-state index contributed by atoms with van der Waals surface area (Å²) in [5.41, 5.74) is 1.30. The van der Waals surface area contributed by atoms with Crippen LogP contribution in [0.15, 0.2) is 36.4 Å². The van der Waals surface area contributed by atoms with E-state index in [1.807, 2.05) is 0 Å². The number of carbonyl (C=O) groups excluding carboxylic acids is 1. The molecule has 0 bridgehead atoms. The Bertz CT molecular complexity index is 708. The Labute approximate surface area is 131 Å². The number of phenolic OH excluding ortho intramolecular Hbond substituents is 1. The minimum atomic E-state index is -0.757. The summed E-state index contributed by atoms with van der Waals surface area (Å²) >= 11 is 0. The third-order valence-electron chi connectivity index (χ3n) is 3.20. The molecule has 23 heavy (non-hydrogen) atoms. The van der Waals surface area contributed by atoms with Gasteiger partial charge in [-0.15, -0.1) is 0 Å². The van der Waals surface area contributed by atoms with Crippen molar-refractivity contribution < 1.29 is 23.8 Å². The highest BCUT2D eigenvalue weighted by Gasteiger charge is 2.06. The number of nitrogens with one attached hydrogen (secondary N) is 2. The number of aliphatic hydroxyl groups is 1. The number of urea groups is 1. The van der Waals surface area contributed by atoms with Crippen LogP contribution in [0.4, 0.5) is 13.6 Å². The number of aliphatic hydroxyl groups excluding tert-OH is 1. The van der Waals surface area contributed by atoms with Gasteiger partial charge < -0.3 is 20.8 Å². The van der Waals surface area contributed by atoms with Gasteiger partial charge in [0.25, 0.3) is 0 Å². The van der Waals surface area contributed by atoms with Crippen molar-refractivity contribution in [3.8, 4) is 5.75 Å². The van der Waals surface area contributed by atoms with Crippen LogP contribution in [0.25, 0.3) is 0 Å². The topological polar surface area (TPSA) is 81.6 Å². The minimum absolute atomic E-state index is 0.0916. The summed E-state index contributed by atoms with van der Waals surface area (Å²) in [6.45, 7) is -0.171. The van der Waals surface area contributed by atoms with Crippen LogP contribution in [0.5, 0.6) is 5.75 Å². The molecule has 0 aliphatic heterocycles. The molecular weight excluding hydrogens is 306 g/mol. The van der Waals surface area contributed by atoms with Crippen molar-refractivity contribution in [3.63, 3.8) is 0 Å². The molecule has 0 aromatic heterocycles. The van der Waals surface area contributed by atoms with Crippen molar-refractivity contribution in [1.82, 2.24) is 10.6 Å². The lowest BCUT2D eigenvalue weighted by molar-refractivity contribution is 0.240. The summed E-state index contributed by atoms with van der Waals surface area (Å²) in [4.78, 5) is 11.7. The Morgan fingerprint density at radius 1 is 0.957 bits per heavy atom. The van der Waals surface area contributed by atoms with Crippen molar-refractivity contribution in [2.24, 2.45) is 0 Å². The van der Waals surface area contributed by atoms with E-state index in [-0.39, 0.29) is 18.7 Å². The Balaban J connectivity index is 1.84. The van der Waals surface area contributed by atoms with Crippen molar-refractivity contribution in [1.29, 1.82) is 0 Å². The smallest absolute Gasteiger partial charge is 0.315 e. The highest BCUT2D eigenvalue weighted by atomic mass is 19.1. The number of phenols is 1. The second-order valence-corrected chi connectivity index (χ2v) is 4.91. The summed E-state index contributed by atoms with van der Waals surface area (Å²) in [6, 6.07) is 7.54. The molecule has 5 nitrogen and oxygen atoms in total. The van der Waals surface area contributed by atoms with Crippen molar-refractivity contribution >= 4 is 6.03 Å². The van der Waals surface area contributed by atoms with E-state index < -0.39 is 30.0 Å². The Morgan fingerprint density at radius 3 is 2.17 bits per heavy atom. The first-order valence-electron chi connectivity index (χ1n) is 6.87. The molecule has 0 spiro atoms. The second kappa shape index (κ2) is 7.55. The van der Waals surface area contributed by atoms with Gasteiger partial charge in [0.1, 0.15) is 5.82 Å². The summed E-state index contributed by atoms with van der Waals surface area (Å²) in [5, 5.41) is 23.2. The van der Waals surface area contributed by atoms with Crippen molar-refractivity contribution in [3.05, 3.63) is 64.7 Å². The molecule has 2 rings (SSSR count). The number of amides is 2. The van der Waals surface area contributed by atoms with Crippen molar-refractivity contribution in [2.75, 3.05) is 0 Å². The fourth-order valence-electron chi connectivity index (χ4n) is 1.95. The van der Waals surface area contributed by atoms with Crippen LogP contribution in [-0.4, -0.2) is 16.2 Å². The first-order chi connectivity index (χ1) is 11.0. The van der Waals surface area contributed by atoms with Crippen LogP contribution in [0.3, 0.4) is 0 Å². The van der Waals surface area contributed by atoms with E-state index in [1.165, 1.54) is 30.3 Å². The molecule has 0 aliphatic rings. The van der Waals surface area contributed by atoms with Gasteiger partial charge in [-0.05, 0) is 35.4 Å². The standard InChI is InChI=1S/C16H16F2N2O3/c17-13-3-1-10(5-12(13)9-21)7-19-16(23)20-8-11-2-4-15(22)14(18)6-11/h1-6,21-22H,7-9H2,(H2,19,20,23). The molecule has 0 saturated heterocycles. The number of carbonyl (C=O) groups is 1. The maximum absolute atomic E-state index is 13.2. The number of hydrogen-bond acceptors (Lipinski definition) is 3. The lowest BCUT2D eigenvalue weighted by Crippen LogP contribution is -2.34. The maximum atomic E-state index is 13.2. The molecular formula is C16H16F2N2O3. The fraction of sp³-hybridized carbons (Fsp3) is 0.188. The maximum Gasteiger partial charge on any atom is 0.315 e. The molecule has 4 N–H and O–H groups in total. The Kier molecular flexibility index (Phi) is 5.48. The molecule has 2 aromatic rings. The van der Waals surface area contributed by atoms with Gasteiger partial charge >= 0.3 is 6.03 Å². The van der Waals surface area contributed by atoms with E-state index in [0.717, 1.165) is 6.07 Å². The van der Waals surface area contributed by atoms with E-state index in [9.17, 15) is 13.6 Å². The number of benzene rings is 2. The average Bonchev–Trinajstić information content (AvgIpc) is 2.55. The molecule has 122 valence electrons. The van der Waals surface area contributed by atoms with E-state index in [0.29, 0.717) is 11.1 Å². The highest BCUT2D eigenvalue weighted by Crippen LogP contribution is 2.16. The van der Waals surface area contributed by atoms with Crippen LogP contribution in [-0.2, 0) is 19.7 Å². The lowest BCUT2D eigenvalue weighted by Gasteiger charge is -2.09. The summed E-state index contributed by atoms with van der Waals surface area (Å²) < 4.78 is 26.4. The molecule has 0 fully saturated rings. The third-order valence-corrected chi connectivity index (χ3v) is 3.20. The summed E-state index contributed by atoms with van der Waals surface area (Å²) in [7, 11) is 0. The largest absolute Gasteiger partial charge is 0.505 e. The van der Waals surface area contributed by atoms with Gasteiger partial charge in [0.15, 0.2) is 11.6 Å². The number of halogens is 2. The summed E-state index contributed by atoms with van der Waals surface area (Å²) in [6.07, 6.45) is 0. The third kappa shape index (κ3) is 4.65. The molecule has 0 aliphatic carbocycles. The molecule has 0 saturated carbocycles. The van der Waals surface area contributed by atoms with Crippen LogP contribution < -0.4 is 10.6 Å². The lowest BCUT2D eigenvalue weighted by atomic mass is 10.1. The highest BCUT2D eigenvalue weighted by molar-refractivity contribution is 5.73. The van der Waals surface area contributed by atoms with Crippen LogP contribution >= 0.6 is 0 Å². The number of aromatic hydroxyl groups is 1. The van der Waals surface area contributed by atoms with Gasteiger partial charge in [0, 0.05) is 18.7 Å². The zero-order valence-electron chi connectivity index (χ0n) is 12.1. The van der Waals surface area contributed by atoms with E-state index in [2.05, 4.69) is 10.6 Å². The molecule has 0 unspecified atom stereocenters. The monoisotopic (exact) mass is 322 g/mol. The van der Waals surface area contributed by atoms with Gasteiger partial charge in [0.05, 0.1) is 6.61 Å². The van der Waals surface area contributed by atoms with Gasteiger partial charge in [0.2, 0.25) is 0 Å². The number of rotatable bonds is 5. The molecule has 0 atom stereocenters. The van der Waals surface area contributed by atoms with Crippen LogP contribution in [0.1, 0.15) is 16.7 Å². The number of hydrogen-bond donors (Lipinski definition) is 4. The molecule has 0 radical (unpaired) electrons. The predicted molar refractivity (Wildman–Crippen MR) is 79.5 cm³/mol. The summed E-state index contributed by atoms with van der Waals surface area (Å²) in [5.74, 6) is -1.71. The fourth-order valence-corrected chi connectivity index (χ4v) is 1.95. The molecule has 2 amide bonds. The minimum Gasteiger partial charge on any atom is -0.505 e. The second-order valence-electron chi connectivity index (χ2n) is 4.91. The van der Waals surface area contributed by atoms with E-state index in [1.54, 1.807) is 0 Å². The van der Waals surface area contributed by atoms with Crippen LogP contribution in [0.2, 0.25) is 0 Å². The Morgan fingerprint density at radius 2 is 1.57 bits per heavy atom. The first kappa shape index (κ1) is 16.7. The van der Waals surface area contributed by atoms with Gasteiger partial charge in [-0.1, -0.05) is 12.1 Å². The molecule has 7 heteroatoms. The quantitative estimate of drug-likeness (QED) is 0.681. The van der Waals surface area contributed by atoms with Gasteiger partial charge in [-0.3, -0.25) is 0 Å². The van der Waals surface area contributed by atoms with E-state index in [4.69, 9.17) is 10.2 Å². The van der Waals surface area contributed by atoms with Crippen LogP contribution in [0, 0.1) is 11.6 Å². The SMILES string of the molecule is O=C(NCc1ccc(O)c(F)c1)NCc1ccc(F)c(CO)c1. The predicted octanol–water partition coefficient (Wildman–Crippen LogP) is 2.16.